The normalized spacial score (nSPS) is 11.5. The number of ketones is 1. The SMILES string of the molecule is CC(=O)c1ccc(NC(=O)C(C)OC(=O)Cc2csc(-c3ccccn3)n2)cc1. The molecule has 7 nitrogen and oxygen atoms in total. The lowest BCUT2D eigenvalue weighted by atomic mass is 10.1. The van der Waals surface area contributed by atoms with Gasteiger partial charge in [-0.2, -0.15) is 0 Å². The summed E-state index contributed by atoms with van der Waals surface area (Å²) in [5.74, 6) is -1.06. The van der Waals surface area contributed by atoms with Crippen LogP contribution in [-0.2, 0) is 20.7 Å². The second-order valence-electron chi connectivity index (χ2n) is 6.29. The molecule has 29 heavy (non-hydrogen) atoms. The van der Waals surface area contributed by atoms with Crippen LogP contribution in [0, 0.1) is 0 Å². The standard InChI is InChI=1S/C21H19N3O4S/c1-13(25)15-6-8-16(9-7-15)23-20(27)14(2)28-19(26)11-17-12-29-21(24-17)18-5-3-4-10-22-18/h3-10,12,14H,11H2,1-2H3,(H,23,27). The van der Waals surface area contributed by atoms with Gasteiger partial charge in [-0.05, 0) is 50.2 Å². The summed E-state index contributed by atoms with van der Waals surface area (Å²) in [7, 11) is 0. The number of ether oxygens (including phenoxy) is 1. The highest BCUT2D eigenvalue weighted by molar-refractivity contribution is 7.13. The first kappa shape index (κ1) is 20.3. The summed E-state index contributed by atoms with van der Waals surface area (Å²) >= 11 is 1.39. The zero-order valence-electron chi connectivity index (χ0n) is 15.9. The van der Waals surface area contributed by atoms with Gasteiger partial charge >= 0.3 is 5.97 Å². The largest absolute Gasteiger partial charge is 0.452 e. The topological polar surface area (TPSA) is 98.2 Å². The maximum atomic E-state index is 12.2. The van der Waals surface area contributed by atoms with Gasteiger partial charge in [0, 0.05) is 22.8 Å². The minimum atomic E-state index is -0.969. The summed E-state index contributed by atoms with van der Waals surface area (Å²) in [6.45, 7) is 2.97. The van der Waals surface area contributed by atoms with Crippen LogP contribution in [0.15, 0.2) is 54.0 Å². The monoisotopic (exact) mass is 409 g/mol. The van der Waals surface area contributed by atoms with E-state index in [1.54, 1.807) is 35.8 Å². The highest BCUT2D eigenvalue weighted by Gasteiger charge is 2.19. The number of carbonyl (C=O) groups is 3. The predicted octanol–water partition coefficient (Wildman–Crippen LogP) is 3.52. The maximum absolute atomic E-state index is 12.2. The number of pyridine rings is 1. The number of amides is 1. The van der Waals surface area contributed by atoms with Gasteiger partial charge in [0.1, 0.15) is 5.01 Å². The molecule has 0 aliphatic carbocycles. The molecule has 8 heteroatoms. The molecule has 0 bridgehead atoms. The molecule has 148 valence electrons. The second kappa shape index (κ2) is 9.20. The molecule has 3 aromatic rings. The van der Waals surface area contributed by atoms with Gasteiger partial charge in [0.15, 0.2) is 11.9 Å². The van der Waals surface area contributed by atoms with E-state index in [4.69, 9.17) is 4.74 Å². The number of Topliss-reactive ketones (excluding diaryl/α,β-unsaturated/α-hetero) is 1. The fraction of sp³-hybridized carbons (Fsp3) is 0.190. The fourth-order valence-corrected chi connectivity index (χ4v) is 3.26. The molecule has 1 N–H and O–H groups in total. The number of nitrogens with one attached hydrogen (secondary N) is 1. The summed E-state index contributed by atoms with van der Waals surface area (Å²) in [5, 5.41) is 5.14. The van der Waals surface area contributed by atoms with E-state index in [9.17, 15) is 14.4 Å². The van der Waals surface area contributed by atoms with Crippen molar-refractivity contribution in [3.8, 4) is 10.7 Å². The van der Waals surface area contributed by atoms with E-state index in [1.165, 1.54) is 25.2 Å². The molecule has 0 aliphatic rings. The Morgan fingerprint density at radius 2 is 1.90 bits per heavy atom. The summed E-state index contributed by atoms with van der Waals surface area (Å²) < 4.78 is 5.21. The number of carbonyl (C=O) groups excluding carboxylic acids is 3. The summed E-state index contributed by atoms with van der Waals surface area (Å²) in [6.07, 6.45) is 0.677. The first-order valence-electron chi connectivity index (χ1n) is 8.89. The lowest BCUT2D eigenvalue weighted by molar-refractivity contribution is -0.152. The van der Waals surface area contributed by atoms with Gasteiger partial charge in [-0.1, -0.05) is 6.07 Å². The molecule has 2 aromatic heterocycles. The van der Waals surface area contributed by atoms with Crippen molar-refractivity contribution in [1.82, 2.24) is 9.97 Å². The molecule has 0 saturated heterocycles. The summed E-state index contributed by atoms with van der Waals surface area (Å²) in [4.78, 5) is 44.3. The molecule has 0 spiro atoms. The third-order valence-electron chi connectivity index (χ3n) is 4.00. The second-order valence-corrected chi connectivity index (χ2v) is 7.15. The van der Waals surface area contributed by atoms with E-state index in [1.807, 2.05) is 18.2 Å². The molecular weight excluding hydrogens is 390 g/mol. The van der Waals surface area contributed by atoms with E-state index in [0.29, 0.717) is 22.0 Å². The third kappa shape index (κ3) is 5.55. The molecule has 2 heterocycles. The van der Waals surface area contributed by atoms with E-state index >= 15 is 0 Å². The average Bonchev–Trinajstić information content (AvgIpc) is 3.17. The molecule has 1 unspecified atom stereocenters. The van der Waals surface area contributed by atoms with Crippen molar-refractivity contribution < 1.29 is 19.1 Å². The maximum Gasteiger partial charge on any atom is 0.312 e. The molecule has 0 radical (unpaired) electrons. The van der Waals surface area contributed by atoms with Gasteiger partial charge in [-0.15, -0.1) is 11.3 Å². The number of esters is 1. The Balaban J connectivity index is 1.53. The number of benzene rings is 1. The number of hydrogen-bond acceptors (Lipinski definition) is 7. The molecule has 0 saturated carbocycles. The number of aromatic nitrogens is 2. The Hall–Kier alpha value is -3.39. The van der Waals surface area contributed by atoms with Gasteiger partial charge < -0.3 is 10.1 Å². The van der Waals surface area contributed by atoms with Crippen LogP contribution in [0.4, 0.5) is 5.69 Å². The Morgan fingerprint density at radius 1 is 1.14 bits per heavy atom. The van der Waals surface area contributed by atoms with Crippen molar-refractivity contribution >= 4 is 34.7 Å². The van der Waals surface area contributed by atoms with Crippen LogP contribution >= 0.6 is 11.3 Å². The Morgan fingerprint density at radius 3 is 2.55 bits per heavy atom. The quantitative estimate of drug-likeness (QED) is 0.474. The molecule has 3 rings (SSSR count). The van der Waals surface area contributed by atoms with E-state index in [-0.39, 0.29) is 12.2 Å². The third-order valence-corrected chi connectivity index (χ3v) is 4.91. The van der Waals surface area contributed by atoms with Crippen LogP contribution in [0.25, 0.3) is 10.7 Å². The van der Waals surface area contributed by atoms with Crippen molar-refractivity contribution in [2.75, 3.05) is 5.32 Å². The lowest BCUT2D eigenvalue weighted by Crippen LogP contribution is -2.30. The molecular formula is C21H19N3O4S. The van der Waals surface area contributed by atoms with Crippen LogP contribution in [0.1, 0.15) is 29.9 Å². The van der Waals surface area contributed by atoms with Crippen LogP contribution in [0.2, 0.25) is 0 Å². The Kier molecular flexibility index (Phi) is 6.46. The van der Waals surface area contributed by atoms with Crippen LogP contribution < -0.4 is 5.32 Å². The fourth-order valence-electron chi connectivity index (χ4n) is 2.47. The summed E-state index contributed by atoms with van der Waals surface area (Å²) in [5.41, 5.74) is 2.37. The zero-order chi connectivity index (χ0) is 20.8. The van der Waals surface area contributed by atoms with Crippen LogP contribution in [0.3, 0.4) is 0 Å². The number of rotatable bonds is 7. The van der Waals surface area contributed by atoms with Gasteiger partial charge in [0.2, 0.25) is 0 Å². The number of thiazole rings is 1. The first-order chi connectivity index (χ1) is 13.9. The number of anilines is 1. The van der Waals surface area contributed by atoms with Crippen molar-refractivity contribution in [2.45, 2.75) is 26.4 Å². The molecule has 1 aromatic carbocycles. The molecule has 1 amide bonds. The summed E-state index contributed by atoms with van der Waals surface area (Å²) in [6, 6.07) is 12.0. The highest BCUT2D eigenvalue weighted by Crippen LogP contribution is 2.21. The minimum absolute atomic E-state index is 0.0335. The van der Waals surface area contributed by atoms with Crippen molar-refractivity contribution in [2.24, 2.45) is 0 Å². The van der Waals surface area contributed by atoms with Crippen molar-refractivity contribution in [1.29, 1.82) is 0 Å². The van der Waals surface area contributed by atoms with E-state index < -0.39 is 18.0 Å². The first-order valence-corrected chi connectivity index (χ1v) is 9.77. The Bertz CT molecular complexity index is 1020. The van der Waals surface area contributed by atoms with Crippen molar-refractivity contribution in [3.63, 3.8) is 0 Å². The van der Waals surface area contributed by atoms with Gasteiger partial charge in [-0.25, -0.2) is 4.98 Å². The average molecular weight is 409 g/mol. The lowest BCUT2D eigenvalue weighted by Gasteiger charge is -2.13. The highest BCUT2D eigenvalue weighted by atomic mass is 32.1. The zero-order valence-corrected chi connectivity index (χ0v) is 16.7. The van der Waals surface area contributed by atoms with Gasteiger partial charge in [0.25, 0.3) is 5.91 Å². The van der Waals surface area contributed by atoms with Gasteiger partial charge in [-0.3, -0.25) is 19.4 Å². The predicted molar refractivity (Wildman–Crippen MR) is 110 cm³/mol. The van der Waals surface area contributed by atoms with E-state index in [2.05, 4.69) is 15.3 Å². The molecule has 1 atom stereocenters. The van der Waals surface area contributed by atoms with E-state index in [0.717, 1.165) is 5.69 Å². The Labute approximate surface area is 171 Å². The van der Waals surface area contributed by atoms with Crippen LogP contribution in [0.5, 0.6) is 0 Å². The number of hydrogen-bond donors (Lipinski definition) is 1. The minimum Gasteiger partial charge on any atom is -0.452 e. The van der Waals surface area contributed by atoms with Crippen molar-refractivity contribution in [3.05, 3.63) is 65.3 Å². The van der Waals surface area contributed by atoms with Crippen LogP contribution in [-0.4, -0.2) is 33.7 Å². The smallest absolute Gasteiger partial charge is 0.312 e. The number of nitrogens with zero attached hydrogens (tertiary/aromatic N) is 2. The molecule has 0 fully saturated rings. The molecule has 0 aliphatic heterocycles. The van der Waals surface area contributed by atoms with Gasteiger partial charge in [0.05, 0.1) is 17.8 Å².